The van der Waals surface area contributed by atoms with Crippen molar-refractivity contribution in [1.82, 2.24) is 20.0 Å². The van der Waals surface area contributed by atoms with E-state index in [1.165, 1.54) is 0 Å². The van der Waals surface area contributed by atoms with Gasteiger partial charge in [0.1, 0.15) is 0 Å². The molecule has 0 saturated carbocycles. The minimum Gasteiger partial charge on any atom is -0.390 e. The van der Waals surface area contributed by atoms with Gasteiger partial charge in [0, 0.05) is 44.1 Å². The molecule has 2 aromatic rings. The molecule has 0 spiro atoms. The Kier molecular flexibility index (Phi) is 4.50. The van der Waals surface area contributed by atoms with Gasteiger partial charge in [-0.15, -0.1) is 0 Å². The molecular formula is C16H20N4O2. The van der Waals surface area contributed by atoms with Gasteiger partial charge in [-0.2, -0.15) is 5.10 Å². The quantitative estimate of drug-likeness (QED) is 0.857. The van der Waals surface area contributed by atoms with Crippen LogP contribution in [0.3, 0.4) is 0 Å². The third kappa shape index (κ3) is 3.52. The van der Waals surface area contributed by atoms with Gasteiger partial charge in [0.2, 0.25) is 0 Å². The fourth-order valence-electron chi connectivity index (χ4n) is 2.64. The van der Waals surface area contributed by atoms with E-state index in [1.54, 1.807) is 11.1 Å². The van der Waals surface area contributed by atoms with E-state index in [2.05, 4.69) is 10.4 Å². The van der Waals surface area contributed by atoms with E-state index in [-0.39, 0.29) is 5.91 Å². The minimum atomic E-state index is -0.515. The van der Waals surface area contributed by atoms with E-state index in [0.717, 1.165) is 5.56 Å². The molecule has 2 heterocycles. The van der Waals surface area contributed by atoms with Crippen LogP contribution < -0.4 is 5.32 Å². The average molecular weight is 300 g/mol. The van der Waals surface area contributed by atoms with Crippen LogP contribution in [0.1, 0.15) is 15.9 Å². The van der Waals surface area contributed by atoms with Crippen molar-refractivity contribution in [3.63, 3.8) is 0 Å². The van der Waals surface area contributed by atoms with Crippen LogP contribution in [0.25, 0.3) is 0 Å². The molecule has 1 fully saturated rings. The van der Waals surface area contributed by atoms with E-state index < -0.39 is 6.10 Å². The number of carbonyl (C=O) groups is 1. The number of hydrogen-bond donors (Lipinski definition) is 2. The summed E-state index contributed by atoms with van der Waals surface area (Å²) in [6, 6.07) is 9.46. The van der Waals surface area contributed by atoms with E-state index in [9.17, 15) is 9.90 Å². The predicted octanol–water partition coefficient (Wildman–Crippen LogP) is 0.338. The Balaban J connectivity index is 1.74. The highest BCUT2D eigenvalue weighted by Crippen LogP contribution is 2.11. The number of hydrogen-bond acceptors (Lipinski definition) is 4. The van der Waals surface area contributed by atoms with Crippen LogP contribution in [0.5, 0.6) is 0 Å². The van der Waals surface area contributed by atoms with Crippen molar-refractivity contribution in [1.29, 1.82) is 0 Å². The molecule has 2 N–H and O–H groups in total. The molecule has 1 amide bonds. The van der Waals surface area contributed by atoms with Crippen LogP contribution in [-0.4, -0.2) is 58.0 Å². The van der Waals surface area contributed by atoms with Crippen LogP contribution in [0.2, 0.25) is 0 Å². The van der Waals surface area contributed by atoms with Gasteiger partial charge in [-0.3, -0.25) is 9.48 Å². The Morgan fingerprint density at radius 1 is 1.41 bits per heavy atom. The van der Waals surface area contributed by atoms with Gasteiger partial charge < -0.3 is 15.3 Å². The number of aliphatic hydroxyl groups is 1. The number of amides is 1. The highest BCUT2D eigenvalue weighted by Gasteiger charge is 2.21. The number of benzene rings is 1. The van der Waals surface area contributed by atoms with E-state index >= 15 is 0 Å². The molecule has 1 saturated heterocycles. The third-order valence-electron chi connectivity index (χ3n) is 3.73. The fourth-order valence-corrected chi connectivity index (χ4v) is 2.64. The Morgan fingerprint density at radius 3 is 3.14 bits per heavy atom. The summed E-state index contributed by atoms with van der Waals surface area (Å²) in [4.78, 5) is 14.3. The Labute approximate surface area is 129 Å². The summed E-state index contributed by atoms with van der Waals surface area (Å²) < 4.78 is 1.82. The topological polar surface area (TPSA) is 70.4 Å². The highest BCUT2D eigenvalue weighted by atomic mass is 16.3. The van der Waals surface area contributed by atoms with Gasteiger partial charge >= 0.3 is 0 Å². The van der Waals surface area contributed by atoms with Crippen molar-refractivity contribution in [3.8, 4) is 0 Å². The molecule has 22 heavy (non-hydrogen) atoms. The number of nitrogens with zero attached hydrogens (tertiary/aromatic N) is 3. The lowest BCUT2D eigenvalue weighted by Gasteiger charge is -2.22. The molecule has 116 valence electrons. The maximum absolute atomic E-state index is 12.6. The first-order chi connectivity index (χ1) is 10.7. The molecule has 0 radical (unpaired) electrons. The standard InChI is InChI=1S/C16H20N4O2/c21-15-10-17-6-8-19(12-15)16(22)14-4-1-3-13(9-14)11-20-7-2-5-18-20/h1-5,7,9,15,17,21H,6,8,10-12H2. The first kappa shape index (κ1) is 14.7. The first-order valence-electron chi connectivity index (χ1n) is 7.47. The van der Waals surface area contributed by atoms with E-state index in [1.807, 2.05) is 41.2 Å². The van der Waals surface area contributed by atoms with Gasteiger partial charge in [0.15, 0.2) is 0 Å². The number of rotatable bonds is 3. The minimum absolute atomic E-state index is 0.0370. The summed E-state index contributed by atoms with van der Waals surface area (Å²) in [5, 5.41) is 17.1. The molecule has 0 aliphatic carbocycles. The Bertz CT molecular complexity index is 627. The maximum Gasteiger partial charge on any atom is 0.253 e. The maximum atomic E-state index is 12.6. The second-order valence-corrected chi connectivity index (χ2v) is 5.51. The van der Waals surface area contributed by atoms with Gasteiger partial charge in [0.05, 0.1) is 12.6 Å². The highest BCUT2D eigenvalue weighted by molar-refractivity contribution is 5.94. The second kappa shape index (κ2) is 6.72. The van der Waals surface area contributed by atoms with Crippen LogP contribution in [0.15, 0.2) is 42.7 Å². The predicted molar refractivity (Wildman–Crippen MR) is 82.6 cm³/mol. The van der Waals surface area contributed by atoms with Gasteiger partial charge in [-0.1, -0.05) is 12.1 Å². The lowest BCUT2D eigenvalue weighted by molar-refractivity contribution is 0.0673. The Hall–Kier alpha value is -2.18. The normalized spacial score (nSPS) is 19.0. The summed E-state index contributed by atoms with van der Waals surface area (Å²) >= 11 is 0. The van der Waals surface area contributed by atoms with Crippen LogP contribution in [0, 0.1) is 0 Å². The number of β-amino-alcohol motifs (C(OH)–C–C–N with tert-alkyl or cyclic N) is 1. The van der Waals surface area contributed by atoms with Crippen LogP contribution >= 0.6 is 0 Å². The zero-order valence-electron chi connectivity index (χ0n) is 12.4. The molecule has 6 nitrogen and oxygen atoms in total. The molecule has 6 heteroatoms. The molecule has 1 atom stereocenters. The van der Waals surface area contributed by atoms with Crippen molar-refractivity contribution in [3.05, 3.63) is 53.9 Å². The molecular weight excluding hydrogens is 280 g/mol. The molecule has 1 aromatic heterocycles. The number of carbonyl (C=O) groups excluding carboxylic acids is 1. The largest absolute Gasteiger partial charge is 0.390 e. The second-order valence-electron chi connectivity index (χ2n) is 5.51. The van der Waals surface area contributed by atoms with Crippen LogP contribution in [0.4, 0.5) is 0 Å². The van der Waals surface area contributed by atoms with Gasteiger partial charge in [-0.05, 0) is 23.8 Å². The monoisotopic (exact) mass is 300 g/mol. The lowest BCUT2D eigenvalue weighted by atomic mass is 10.1. The summed E-state index contributed by atoms with van der Waals surface area (Å²) in [6.45, 7) is 2.85. The molecule has 1 unspecified atom stereocenters. The van der Waals surface area contributed by atoms with Gasteiger partial charge in [0.25, 0.3) is 5.91 Å². The summed E-state index contributed by atoms with van der Waals surface area (Å²) in [6.07, 6.45) is 3.12. The zero-order valence-corrected chi connectivity index (χ0v) is 12.4. The molecule has 3 rings (SSSR count). The smallest absolute Gasteiger partial charge is 0.253 e. The van der Waals surface area contributed by atoms with Crippen molar-refractivity contribution in [2.24, 2.45) is 0 Å². The SMILES string of the molecule is O=C(c1cccc(Cn2cccn2)c1)N1CCNCC(O)C1. The fraction of sp³-hybridized carbons (Fsp3) is 0.375. The van der Waals surface area contributed by atoms with Crippen LogP contribution in [-0.2, 0) is 6.54 Å². The molecule has 1 aromatic carbocycles. The molecule has 1 aliphatic heterocycles. The zero-order chi connectivity index (χ0) is 15.4. The summed E-state index contributed by atoms with van der Waals surface area (Å²) in [5.74, 6) is -0.0370. The summed E-state index contributed by atoms with van der Waals surface area (Å²) in [5.41, 5.74) is 1.68. The number of nitrogens with one attached hydrogen (secondary N) is 1. The number of aliphatic hydroxyl groups excluding tert-OH is 1. The average Bonchev–Trinajstić information content (AvgIpc) is 2.93. The van der Waals surface area contributed by atoms with Crippen molar-refractivity contribution < 1.29 is 9.90 Å². The lowest BCUT2D eigenvalue weighted by Crippen LogP contribution is -2.37. The van der Waals surface area contributed by atoms with Crippen molar-refractivity contribution >= 4 is 5.91 Å². The van der Waals surface area contributed by atoms with Gasteiger partial charge in [-0.25, -0.2) is 0 Å². The molecule has 1 aliphatic rings. The third-order valence-corrected chi connectivity index (χ3v) is 3.73. The van der Waals surface area contributed by atoms with E-state index in [4.69, 9.17) is 0 Å². The van der Waals surface area contributed by atoms with Crippen molar-refractivity contribution in [2.75, 3.05) is 26.2 Å². The van der Waals surface area contributed by atoms with Crippen molar-refractivity contribution in [2.45, 2.75) is 12.6 Å². The number of aromatic nitrogens is 2. The Morgan fingerprint density at radius 2 is 2.32 bits per heavy atom. The summed E-state index contributed by atoms with van der Waals surface area (Å²) in [7, 11) is 0. The van der Waals surface area contributed by atoms with E-state index in [0.29, 0.717) is 38.3 Å². The first-order valence-corrected chi connectivity index (χ1v) is 7.47. The molecule has 0 bridgehead atoms.